The standard InChI is InChI=1S/C17H18F2N4O2/c1-25-15-11-12(18)4-5-14(15)21-17(24)23-9-7-22(8-10-23)16-13(19)3-2-6-20-16/h2-6,11H,7-10H2,1H3,(H,21,24). The molecule has 0 saturated carbocycles. The maximum absolute atomic E-state index is 13.8. The van der Waals surface area contributed by atoms with Gasteiger partial charge in [-0.15, -0.1) is 0 Å². The van der Waals surface area contributed by atoms with Crippen LogP contribution in [0.25, 0.3) is 0 Å². The van der Waals surface area contributed by atoms with Crippen molar-refractivity contribution in [3.05, 3.63) is 48.2 Å². The van der Waals surface area contributed by atoms with E-state index in [-0.39, 0.29) is 17.6 Å². The van der Waals surface area contributed by atoms with Crippen LogP contribution in [0.5, 0.6) is 5.75 Å². The van der Waals surface area contributed by atoms with E-state index in [4.69, 9.17) is 4.74 Å². The summed E-state index contributed by atoms with van der Waals surface area (Å²) in [6.45, 7) is 1.79. The largest absolute Gasteiger partial charge is 0.494 e. The molecule has 6 nitrogen and oxygen atoms in total. The molecule has 8 heteroatoms. The lowest BCUT2D eigenvalue weighted by atomic mass is 10.2. The molecule has 0 spiro atoms. The first-order valence-corrected chi connectivity index (χ1v) is 7.83. The molecule has 1 aliphatic heterocycles. The molecule has 3 rings (SSSR count). The van der Waals surface area contributed by atoms with E-state index in [1.54, 1.807) is 15.9 Å². The zero-order valence-corrected chi connectivity index (χ0v) is 13.7. The number of amides is 2. The first kappa shape index (κ1) is 16.9. The van der Waals surface area contributed by atoms with Gasteiger partial charge >= 0.3 is 6.03 Å². The molecule has 0 aliphatic carbocycles. The molecule has 2 heterocycles. The van der Waals surface area contributed by atoms with Crippen LogP contribution >= 0.6 is 0 Å². The van der Waals surface area contributed by atoms with Crippen molar-refractivity contribution in [3.8, 4) is 5.75 Å². The molecule has 132 valence electrons. The Morgan fingerprint density at radius 3 is 2.64 bits per heavy atom. The summed E-state index contributed by atoms with van der Waals surface area (Å²) in [6.07, 6.45) is 1.54. The quantitative estimate of drug-likeness (QED) is 0.927. The number of urea groups is 1. The van der Waals surface area contributed by atoms with Crippen LogP contribution in [-0.2, 0) is 0 Å². The molecule has 25 heavy (non-hydrogen) atoms. The molecule has 1 aliphatic rings. The Morgan fingerprint density at radius 1 is 1.20 bits per heavy atom. The van der Waals surface area contributed by atoms with Gasteiger partial charge in [-0.05, 0) is 24.3 Å². The Kier molecular flexibility index (Phi) is 4.97. The summed E-state index contributed by atoms with van der Waals surface area (Å²) in [7, 11) is 1.41. The number of piperazine rings is 1. The van der Waals surface area contributed by atoms with Crippen LogP contribution < -0.4 is 15.0 Å². The summed E-state index contributed by atoms with van der Waals surface area (Å²) in [5.41, 5.74) is 0.395. The number of hydrogen-bond donors (Lipinski definition) is 1. The van der Waals surface area contributed by atoms with E-state index >= 15 is 0 Å². The van der Waals surface area contributed by atoms with Gasteiger partial charge in [0.15, 0.2) is 11.6 Å². The minimum Gasteiger partial charge on any atom is -0.494 e. The SMILES string of the molecule is COc1cc(F)ccc1NC(=O)N1CCN(c2ncccc2F)CC1. The molecule has 1 aromatic carbocycles. The Hall–Kier alpha value is -2.90. The fraction of sp³-hybridized carbons (Fsp3) is 0.294. The molecule has 1 fully saturated rings. The van der Waals surface area contributed by atoms with E-state index in [0.717, 1.165) is 0 Å². The van der Waals surface area contributed by atoms with Crippen molar-refractivity contribution >= 4 is 17.5 Å². The van der Waals surface area contributed by atoms with Crippen LogP contribution in [0.3, 0.4) is 0 Å². The van der Waals surface area contributed by atoms with Gasteiger partial charge in [0.05, 0.1) is 12.8 Å². The number of anilines is 2. The first-order valence-electron chi connectivity index (χ1n) is 7.83. The third-order valence-corrected chi connectivity index (χ3v) is 4.01. The summed E-state index contributed by atoms with van der Waals surface area (Å²) in [5, 5.41) is 2.71. The van der Waals surface area contributed by atoms with Crippen LogP contribution in [0.4, 0.5) is 25.1 Å². The predicted octanol–water partition coefficient (Wildman–Crippen LogP) is 2.72. The van der Waals surface area contributed by atoms with Crippen LogP contribution in [0.15, 0.2) is 36.5 Å². The van der Waals surface area contributed by atoms with Gasteiger partial charge in [-0.3, -0.25) is 0 Å². The average Bonchev–Trinajstić information content (AvgIpc) is 2.63. The molecule has 0 atom stereocenters. The number of nitrogens with zero attached hydrogens (tertiary/aromatic N) is 3. The first-order chi connectivity index (χ1) is 12.1. The lowest BCUT2D eigenvalue weighted by molar-refractivity contribution is 0.208. The molecule has 0 bridgehead atoms. The van der Waals surface area contributed by atoms with Crippen molar-refractivity contribution in [2.24, 2.45) is 0 Å². The fourth-order valence-electron chi connectivity index (χ4n) is 2.69. The third kappa shape index (κ3) is 3.78. The number of aromatic nitrogens is 1. The smallest absolute Gasteiger partial charge is 0.322 e. The van der Waals surface area contributed by atoms with Gasteiger partial charge in [0.2, 0.25) is 0 Å². The molecular formula is C17H18F2N4O2. The Morgan fingerprint density at radius 2 is 1.96 bits per heavy atom. The van der Waals surface area contributed by atoms with E-state index in [1.807, 2.05) is 0 Å². The van der Waals surface area contributed by atoms with Gasteiger partial charge in [0, 0.05) is 38.4 Å². The highest BCUT2D eigenvalue weighted by Gasteiger charge is 2.24. The minimum atomic E-state index is -0.444. The molecule has 2 amide bonds. The normalized spacial score (nSPS) is 14.4. The number of nitrogens with one attached hydrogen (secondary N) is 1. The van der Waals surface area contributed by atoms with Gasteiger partial charge in [-0.1, -0.05) is 0 Å². The lowest BCUT2D eigenvalue weighted by Crippen LogP contribution is -2.50. The number of halogens is 2. The van der Waals surface area contributed by atoms with Gasteiger partial charge in [0.25, 0.3) is 0 Å². The molecule has 0 radical (unpaired) electrons. The number of hydrogen-bond acceptors (Lipinski definition) is 4. The molecular weight excluding hydrogens is 330 g/mol. The minimum absolute atomic E-state index is 0.252. The molecule has 1 saturated heterocycles. The van der Waals surface area contributed by atoms with Crippen molar-refractivity contribution in [1.29, 1.82) is 0 Å². The fourth-order valence-corrected chi connectivity index (χ4v) is 2.69. The van der Waals surface area contributed by atoms with Crippen molar-refractivity contribution in [2.45, 2.75) is 0 Å². The maximum Gasteiger partial charge on any atom is 0.322 e. The van der Waals surface area contributed by atoms with Crippen LogP contribution in [0, 0.1) is 11.6 Å². The van der Waals surface area contributed by atoms with Crippen molar-refractivity contribution < 1.29 is 18.3 Å². The predicted molar refractivity (Wildman–Crippen MR) is 90.0 cm³/mol. The second kappa shape index (κ2) is 7.33. The number of benzene rings is 1. The van der Waals surface area contributed by atoms with E-state index in [0.29, 0.717) is 37.7 Å². The van der Waals surface area contributed by atoms with Crippen LogP contribution in [-0.4, -0.2) is 49.2 Å². The monoisotopic (exact) mass is 348 g/mol. The lowest BCUT2D eigenvalue weighted by Gasteiger charge is -2.35. The number of methoxy groups -OCH3 is 1. The highest BCUT2D eigenvalue weighted by molar-refractivity contribution is 5.91. The zero-order valence-electron chi connectivity index (χ0n) is 13.7. The Balaban J connectivity index is 1.61. The van der Waals surface area contributed by atoms with Crippen molar-refractivity contribution in [1.82, 2.24) is 9.88 Å². The van der Waals surface area contributed by atoms with Gasteiger partial charge in [-0.25, -0.2) is 18.6 Å². The van der Waals surface area contributed by atoms with Crippen LogP contribution in [0.1, 0.15) is 0 Å². The highest BCUT2D eigenvalue weighted by atomic mass is 19.1. The number of ether oxygens (including phenoxy) is 1. The summed E-state index contributed by atoms with van der Waals surface area (Å²) in [6, 6.07) is 6.50. The van der Waals surface area contributed by atoms with E-state index in [9.17, 15) is 13.6 Å². The van der Waals surface area contributed by atoms with Crippen LogP contribution in [0.2, 0.25) is 0 Å². The van der Waals surface area contributed by atoms with E-state index in [1.165, 1.54) is 37.6 Å². The number of rotatable bonds is 3. The van der Waals surface area contributed by atoms with Crippen molar-refractivity contribution in [2.75, 3.05) is 43.5 Å². The Labute approximate surface area is 144 Å². The number of pyridine rings is 1. The topological polar surface area (TPSA) is 57.7 Å². The summed E-state index contributed by atoms with van der Waals surface area (Å²) < 4.78 is 32.1. The second-order valence-electron chi connectivity index (χ2n) is 5.56. The third-order valence-electron chi connectivity index (χ3n) is 4.01. The van der Waals surface area contributed by atoms with Crippen molar-refractivity contribution in [3.63, 3.8) is 0 Å². The summed E-state index contributed by atoms with van der Waals surface area (Å²) in [4.78, 5) is 19.9. The van der Waals surface area contributed by atoms with E-state index < -0.39 is 5.82 Å². The summed E-state index contributed by atoms with van der Waals surface area (Å²) >= 11 is 0. The van der Waals surface area contributed by atoms with Gasteiger partial charge in [-0.2, -0.15) is 0 Å². The molecule has 1 N–H and O–H groups in total. The molecule has 0 unspecified atom stereocenters. The summed E-state index contributed by atoms with van der Waals surface area (Å²) in [5.74, 6) is -0.275. The molecule has 1 aromatic heterocycles. The molecule has 2 aromatic rings. The maximum atomic E-state index is 13.8. The second-order valence-corrected chi connectivity index (χ2v) is 5.56. The zero-order chi connectivity index (χ0) is 17.8. The van der Waals surface area contributed by atoms with E-state index in [2.05, 4.69) is 10.3 Å². The number of carbonyl (C=O) groups is 1. The number of carbonyl (C=O) groups excluding carboxylic acids is 1. The highest BCUT2D eigenvalue weighted by Crippen LogP contribution is 2.25. The van der Waals surface area contributed by atoms with Gasteiger partial charge < -0.3 is 19.9 Å². The van der Waals surface area contributed by atoms with Gasteiger partial charge in [0.1, 0.15) is 11.6 Å². The Bertz CT molecular complexity index is 764. The average molecular weight is 348 g/mol.